The number of carbonyl (C=O) groups is 4. The Kier molecular flexibility index (Phi) is 9.11. The number of aryl methyl sites for hydroxylation is 1. The molecule has 296 valence electrons. The van der Waals surface area contributed by atoms with E-state index in [9.17, 15) is 24.4 Å². The molecule has 3 aromatic rings. The number of hydrogen-bond donors (Lipinski definition) is 0. The molecule has 7 atom stereocenters. The number of likely N-dealkylation sites (N-methyl/N-ethyl adjacent to an activating group) is 1. The average molecular weight is 797 g/mol. The van der Waals surface area contributed by atoms with Crippen molar-refractivity contribution in [3.63, 3.8) is 0 Å². The first-order valence-corrected chi connectivity index (χ1v) is 19.7. The third-order valence-corrected chi connectivity index (χ3v) is 13.5. The lowest BCUT2D eigenvalue weighted by Crippen LogP contribution is -2.69. The number of piperazine rings is 1. The quantitative estimate of drug-likeness (QED) is 0.151. The highest BCUT2D eigenvalue weighted by molar-refractivity contribution is 7.99. The van der Waals surface area contributed by atoms with Crippen molar-refractivity contribution in [2.75, 3.05) is 47.2 Å². The molecule has 16 heteroatoms. The Labute approximate surface area is 332 Å². The lowest BCUT2D eigenvalue weighted by molar-refractivity contribution is -0.153. The molecule has 0 aromatic heterocycles. The normalized spacial score (nSPS) is 27.1. The highest BCUT2D eigenvalue weighted by Crippen LogP contribution is 2.64. The predicted molar refractivity (Wildman–Crippen MR) is 201 cm³/mol. The monoisotopic (exact) mass is 796 g/mol. The molecule has 10 rings (SSSR count). The summed E-state index contributed by atoms with van der Waals surface area (Å²) in [5, 5.41) is 10.5. The molecule has 0 spiro atoms. The van der Waals surface area contributed by atoms with E-state index in [1.54, 1.807) is 45.4 Å². The number of ether oxygens (including phenoxy) is 7. The summed E-state index contributed by atoms with van der Waals surface area (Å²) in [6.45, 7) is 4.64. The van der Waals surface area contributed by atoms with Crippen molar-refractivity contribution in [1.29, 1.82) is 5.26 Å². The lowest BCUT2D eigenvalue weighted by Gasteiger charge is -2.62. The number of thioether (sulfide) groups is 1. The van der Waals surface area contributed by atoms with Gasteiger partial charge in [0.25, 0.3) is 11.8 Å². The zero-order valence-corrected chi connectivity index (χ0v) is 33.0. The zero-order chi connectivity index (χ0) is 40.0. The molecule has 2 amide bonds. The summed E-state index contributed by atoms with van der Waals surface area (Å²) in [6.07, 6.45) is 0.501. The van der Waals surface area contributed by atoms with Crippen LogP contribution in [0.15, 0.2) is 30.3 Å². The van der Waals surface area contributed by atoms with Crippen LogP contribution in [0.3, 0.4) is 0 Å². The Balaban J connectivity index is 1.30. The third-order valence-electron chi connectivity index (χ3n) is 12.1. The molecule has 7 heterocycles. The number of fused-ring (bicyclic) bond motifs is 11. The molecule has 7 aliphatic rings. The summed E-state index contributed by atoms with van der Waals surface area (Å²) < 4.78 is 42.2. The fourth-order valence-electron chi connectivity index (χ4n) is 9.87. The fourth-order valence-corrected chi connectivity index (χ4v) is 11.4. The van der Waals surface area contributed by atoms with Gasteiger partial charge in [0.1, 0.15) is 24.4 Å². The topological polar surface area (TPSA) is 166 Å². The number of hydrogen-bond acceptors (Lipinski definition) is 15. The molecule has 0 saturated carbocycles. The zero-order valence-electron chi connectivity index (χ0n) is 32.2. The van der Waals surface area contributed by atoms with E-state index in [1.165, 1.54) is 18.7 Å². The molecular formula is C41H40N4O11S. The number of nitriles is 1. The first-order chi connectivity index (χ1) is 27.5. The van der Waals surface area contributed by atoms with E-state index in [1.807, 2.05) is 14.0 Å². The molecule has 57 heavy (non-hydrogen) atoms. The van der Waals surface area contributed by atoms with Gasteiger partial charge in [-0.15, -0.1) is 11.8 Å². The Bertz CT molecular complexity index is 2280. The molecule has 0 N–H and O–H groups in total. The van der Waals surface area contributed by atoms with E-state index in [0.29, 0.717) is 46.1 Å². The van der Waals surface area contributed by atoms with E-state index >= 15 is 0 Å². The molecule has 3 aromatic carbocycles. The van der Waals surface area contributed by atoms with Gasteiger partial charge in [0.15, 0.2) is 29.8 Å². The second-order valence-electron chi connectivity index (χ2n) is 15.0. The maximum atomic E-state index is 14.3. The first-order valence-electron chi connectivity index (χ1n) is 18.6. The number of rotatable bonds is 6. The van der Waals surface area contributed by atoms with Crippen LogP contribution < -0.4 is 23.7 Å². The van der Waals surface area contributed by atoms with Crippen LogP contribution in [0.1, 0.15) is 78.4 Å². The molecule has 7 aliphatic heterocycles. The summed E-state index contributed by atoms with van der Waals surface area (Å²) in [7, 11) is 5.12. The number of benzene rings is 3. The smallest absolute Gasteiger partial charge is 0.330 e. The van der Waals surface area contributed by atoms with E-state index in [0.717, 1.165) is 21.6 Å². The van der Waals surface area contributed by atoms with E-state index in [4.69, 9.17) is 33.2 Å². The lowest BCUT2D eigenvalue weighted by atomic mass is 9.71. The van der Waals surface area contributed by atoms with E-state index in [-0.39, 0.29) is 48.9 Å². The molecule has 0 radical (unpaired) electrons. The molecule has 0 aliphatic carbocycles. The number of amides is 2. The summed E-state index contributed by atoms with van der Waals surface area (Å²) in [5.74, 6) is -0.418. The first kappa shape index (κ1) is 37.2. The second-order valence-corrected chi connectivity index (χ2v) is 16.1. The number of esters is 2. The van der Waals surface area contributed by atoms with Gasteiger partial charge in [0.2, 0.25) is 6.79 Å². The molecule has 2 fully saturated rings. The van der Waals surface area contributed by atoms with E-state index in [2.05, 4.69) is 21.9 Å². The standard InChI is InChI=1S/C41H40N4O11S/c1-18-11-21-12-24-25(13-42)44-26-14-52-41(49)27(45-39(47)22-9-7-8-10-23(22)40(45)48)15-57-38(30-29(26)37-35(54-17-55-37)19(2)34(30)56-20(3)46)32(44)31(43(24)4)28(21)36(33(18)51-6)53-16-50-5/h7-11,24-27,31-32,38H,12,14-17H2,1-6H3/t24-,25-,26-,27-,31+,32?,38+/m0/s1. The van der Waals surface area contributed by atoms with E-state index < -0.39 is 59.2 Å². The molecule has 15 nitrogen and oxygen atoms in total. The van der Waals surface area contributed by atoms with Crippen LogP contribution in [-0.2, 0) is 25.5 Å². The number of nitrogens with zero attached hydrogens (tertiary/aromatic N) is 4. The third kappa shape index (κ3) is 5.36. The van der Waals surface area contributed by atoms with Crippen molar-refractivity contribution in [2.45, 2.75) is 68.7 Å². The van der Waals surface area contributed by atoms with Crippen LogP contribution in [0.5, 0.6) is 28.7 Å². The molecule has 1 unspecified atom stereocenters. The molecule has 4 bridgehead atoms. The van der Waals surface area contributed by atoms with Gasteiger partial charge in [-0.2, -0.15) is 5.26 Å². The van der Waals surface area contributed by atoms with Gasteiger partial charge < -0.3 is 33.2 Å². The van der Waals surface area contributed by atoms with Crippen LogP contribution in [-0.4, -0.2) is 110 Å². The highest BCUT2D eigenvalue weighted by atomic mass is 32.2. The fraction of sp³-hybridized carbons (Fsp3) is 0.439. The van der Waals surface area contributed by atoms with Gasteiger partial charge in [-0.25, -0.2) is 4.79 Å². The van der Waals surface area contributed by atoms with Crippen LogP contribution in [0.4, 0.5) is 0 Å². The van der Waals surface area contributed by atoms with Crippen molar-refractivity contribution in [2.24, 2.45) is 0 Å². The Morgan fingerprint density at radius 3 is 2.35 bits per heavy atom. The number of carbonyl (C=O) groups excluding carboxylic acids is 4. The van der Waals surface area contributed by atoms with Gasteiger partial charge in [-0.1, -0.05) is 18.2 Å². The Hall–Kier alpha value is -5.34. The minimum Gasteiger partial charge on any atom is -0.493 e. The van der Waals surface area contributed by atoms with Gasteiger partial charge >= 0.3 is 11.9 Å². The second kappa shape index (κ2) is 13.9. The van der Waals surface area contributed by atoms with Crippen LogP contribution in [0, 0.1) is 25.2 Å². The number of imide groups is 1. The maximum absolute atomic E-state index is 14.3. The van der Waals surface area contributed by atoms with Crippen molar-refractivity contribution in [3.05, 3.63) is 74.8 Å². The summed E-state index contributed by atoms with van der Waals surface area (Å²) in [6, 6.07) is 6.97. The molecule has 2 saturated heterocycles. The van der Waals surface area contributed by atoms with Gasteiger partial charge in [-0.05, 0) is 50.6 Å². The SMILES string of the molecule is COCOc1c(OC)c(C)cc2c1[C@@H]1C3[C@@H]4SC[C@H](N5C(=O)c6ccccc6C5=O)C(=O)OC[C@@H](c5c6c(c(C)c(OC(C)=O)c54)OCO6)N3[C@@H](C#N)[C@H](C2)N1C. The molecular weight excluding hydrogens is 757 g/mol. The van der Waals surface area contributed by atoms with Gasteiger partial charge in [-0.3, -0.25) is 29.1 Å². The van der Waals surface area contributed by atoms with Crippen LogP contribution >= 0.6 is 11.8 Å². The minimum absolute atomic E-state index is 0.0534. The largest absolute Gasteiger partial charge is 0.493 e. The van der Waals surface area contributed by atoms with Gasteiger partial charge in [0, 0.05) is 54.1 Å². The highest BCUT2D eigenvalue weighted by Gasteiger charge is 2.61. The Morgan fingerprint density at radius 2 is 1.68 bits per heavy atom. The summed E-state index contributed by atoms with van der Waals surface area (Å²) >= 11 is 1.32. The van der Waals surface area contributed by atoms with Crippen LogP contribution in [0.2, 0.25) is 0 Å². The van der Waals surface area contributed by atoms with Crippen molar-refractivity contribution in [1.82, 2.24) is 14.7 Å². The minimum atomic E-state index is -1.30. The summed E-state index contributed by atoms with van der Waals surface area (Å²) in [4.78, 5) is 60.3. The number of methoxy groups -OCH3 is 2. The van der Waals surface area contributed by atoms with Crippen molar-refractivity contribution < 1.29 is 52.3 Å². The van der Waals surface area contributed by atoms with Crippen molar-refractivity contribution >= 4 is 35.5 Å². The van der Waals surface area contributed by atoms with Crippen LogP contribution in [0.25, 0.3) is 0 Å². The predicted octanol–water partition coefficient (Wildman–Crippen LogP) is 4.17. The van der Waals surface area contributed by atoms with Gasteiger partial charge in [0.05, 0.1) is 41.6 Å². The maximum Gasteiger partial charge on any atom is 0.330 e. The Morgan fingerprint density at radius 1 is 0.965 bits per heavy atom. The summed E-state index contributed by atoms with van der Waals surface area (Å²) in [5.41, 5.74) is 4.87. The van der Waals surface area contributed by atoms with Crippen molar-refractivity contribution in [3.8, 4) is 34.8 Å². The average Bonchev–Trinajstić information content (AvgIpc) is 3.78.